The number of carbonyl (C=O) groups excluding carboxylic acids is 7. The number of benzene rings is 2. The number of nitrogens with one attached hydrogen (secondary N) is 4. The Balaban J connectivity index is 1.80. The second-order valence-electron chi connectivity index (χ2n) is 14.0. The summed E-state index contributed by atoms with van der Waals surface area (Å²) in [6, 6.07) is 11.6. The summed E-state index contributed by atoms with van der Waals surface area (Å²) in [7, 11) is 1.22. The van der Waals surface area contributed by atoms with E-state index in [1.807, 2.05) is 6.92 Å². The van der Waals surface area contributed by atoms with Crippen LogP contribution in [-0.4, -0.2) is 102 Å². The Labute approximate surface area is 321 Å². The number of hydrogen-bond donors (Lipinski definition) is 6. The fourth-order valence-electron chi connectivity index (χ4n) is 6.17. The van der Waals surface area contributed by atoms with Gasteiger partial charge in [0, 0.05) is 6.54 Å². The van der Waals surface area contributed by atoms with Crippen LogP contribution < -0.4 is 27.0 Å². The van der Waals surface area contributed by atoms with Crippen molar-refractivity contribution in [3.8, 4) is 0 Å². The minimum Gasteiger partial charge on any atom is -0.467 e. The zero-order valence-corrected chi connectivity index (χ0v) is 32.0. The van der Waals surface area contributed by atoms with Crippen molar-refractivity contribution in [2.45, 2.75) is 103 Å². The zero-order chi connectivity index (χ0) is 40.7. The highest BCUT2D eigenvalue weighted by Gasteiger charge is 2.42. The summed E-state index contributed by atoms with van der Waals surface area (Å²) >= 11 is 0. The summed E-state index contributed by atoms with van der Waals surface area (Å²) in [6.07, 6.45) is -2.36. The van der Waals surface area contributed by atoms with Crippen molar-refractivity contribution in [2.24, 2.45) is 17.6 Å². The van der Waals surface area contributed by atoms with Crippen LogP contribution in [0, 0.1) is 11.8 Å². The summed E-state index contributed by atoms with van der Waals surface area (Å²) in [4.78, 5) is 93.0. The minimum atomic E-state index is -1.88. The van der Waals surface area contributed by atoms with Crippen molar-refractivity contribution in [3.05, 3.63) is 71.8 Å². The molecule has 1 aliphatic heterocycles. The van der Waals surface area contributed by atoms with Crippen LogP contribution in [0.5, 0.6) is 0 Å². The van der Waals surface area contributed by atoms with Gasteiger partial charge in [-0.3, -0.25) is 24.0 Å². The van der Waals surface area contributed by atoms with Gasteiger partial charge in [0.2, 0.25) is 23.6 Å². The van der Waals surface area contributed by atoms with Gasteiger partial charge in [-0.25, -0.2) is 9.59 Å². The number of amides is 6. The van der Waals surface area contributed by atoms with E-state index >= 15 is 0 Å². The number of nitrogens with zero attached hydrogens (tertiary/aromatic N) is 1. The largest absolute Gasteiger partial charge is 0.467 e. The van der Waals surface area contributed by atoms with Crippen molar-refractivity contribution in [3.63, 3.8) is 0 Å². The molecule has 16 nitrogen and oxygen atoms in total. The van der Waals surface area contributed by atoms with Gasteiger partial charge in [0.15, 0.2) is 6.10 Å². The maximum absolute atomic E-state index is 14.0. The molecule has 1 heterocycles. The first kappa shape index (κ1) is 43.9. The molecule has 7 atom stereocenters. The second-order valence-corrected chi connectivity index (χ2v) is 14.0. The molecule has 6 amide bonds. The van der Waals surface area contributed by atoms with Gasteiger partial charge < -0.3 is 46.5 Å². The number of hydrogen-bond acceptors (Lipinski definition) is 10. The van der Waals surface area contributed by atoms with E-state index in [9.17, 15) is 38.7 Å². The van der Waals surface area contributed by atoms with E-state index in [-0.39, 0.29) is 37.8 Å². The van der Waals surface area contributed by atoms with Crippen molar-refractivity contribution in [1.82, 2.24) is 26.2 Å². The number of carbonyl (C=O) groups is 7. The molecule has 0 unspecified atom stereocenters. The van der Waals surface area contributed by atoms with Crippen LogP contribution in [0.2, 0.25) is 0 Å². The number of ether oxygens (including phenoxy) is 2. The average Bonchev–Trinajstić information content (AvgIpc) is 3.67. The summed E-state index contributed by atoms with van der Waals surface area (Å²) in [6.45, 7) is 7.11. The second kappa shape index (κ2) is 21.4. The van der Waals surface area contributed by atoms with E-state index in [1.165, 1.54) is 12.0 Å². The number of esters is 1. The lowest BCUT2D eigenvalue weighted by Crippen LogP contribution is -2.60. The summed E-state index contributed by atoms with van der Waals surface area (Å²) in [5.41, 5.74) is 6.72. The molecule has 16 heteroatoms. The smallest absolute Gasteiger partial charge is 0.408 e. The Bertz CT molecular complexity index is 1630. The lowest BCUT2D eigenvalue weighted by molar-refractivity contribution is -0.148. The Hall–Kier alpha value is -5.51. The maximum Gasteiger partial charge on any atom is 0.408 e. The molecule has 55 heavy (non-hydrogen) atoms. The molecule has 0 aromatic heterocycles. The van der Waals surface area contributed by atoms with E-state index < -0.39 is 84.3 Å². The number of nitrogens with two attached hydrogens (primary N) is 1. The Morgan fingerprint density at radius 2 is 1.47 bits per heavy atom. The molecule has 1 fully saturated rings. The fourth-order valence-corrected chi connectivity index (χ4v) is 6.17. The van der Waals surface area contributed by atoms with E-state index in [0.29, 0.717) is 24.0 Å². The van der Waals surface area contributed by atoms with Crippen LogP contribution in [0.15, 0.2) is 60.7 Å². The Kier molecular flexibility index (Phi) is 17.1. The Morgan fingerprint density at radius 1 is 0.855 bits per heavy atom. The molecule has 7 N–H and O–H groups in total. The van der Waals surface area contributed by atoms with Crippen molar-refractivity contribution in [2.75, 3.05) is 13.7 Å². The molecule has 300 valence electrons. The molecule has 2 aromatic carbocycles. The predicted octanol–water partition coefficient (Wildman–Crippen LogP) is 1.08. The fraction of sp³-hybridized carbons (Fsp3) is 0.513. The first-order chi connectivity index (χ1) is 26.2. The standard InChI is InChI=1S/C39H54N6O10/c1-6-24(4)32(36(50)43-31(23(2)3)38(52)54-5)44-35(49)29-18-13-19-45(29)37(51)33(47)27(20-25-14-9-7-10-15-25)41-34(48)28(21-30(40)46)42-39(53)55-22-26-16-11-8-12-17-26/h7-12,14-17,23-24,27-29,31-33,47H,6,13,18-22H2,1-5H3,(H2,40,46)(H,41,48)(H,42,53)(H,43,50)(H,44,49)/t24-,27-,28-,29-,31-,32-,33-/m0/s1. The average molecular weight is 767 g/mol. The maximum atomic E-state index is 14.0. The summed E-state index contributed by atoms with van der Waals surface area (Å²) in [5, 5.41) is 22.0. The SMILES string of the molecule is CC[C@H](C)[C@H](NC(=O)[C@@H]1CCCN1C(=O)[C@@H](O)[C@H](Cc1ccccc1)NC(=O)[C@H](CC(N)=O)NC(=O)OCc1ccccc1)C(=O)N[C@H](C(=O)OC)C(C)C. The van der Waals surface area contributed by atoms with Crippen molar-refractivity contribution in [1.29, 1.82) is 0 Å². The van der Waals surface area contributed by atoms with Crippen LogP contribution in [0.4, 0.5) is 4.79 Å². The molecule has 0 radical (unpaired) electrons. The molecular weight excluding hydrogens is 712 g/mol. The van der Waals surface area contributed by atoms with Gasteiger partial charge in [-0.1, -0.05) is 94.8 Å². The minimum absolute atomic E-state index is 0.0423. The van der Waals surface area contributed by atoms with Gasteiger partial charge in [-0.05, 0) is 42.2 Å². The lowest BCUT2D eigenvalue weighted by atomic mass is 9.96. The Morgan fingerprint density at radius 3 is 2.04 bits per heavy atom. The molecule has 1 aliphatic rings. The highest BCUT2D eigenvalue weighted by atomic mass is 16.5. The van der Waals surface area contributed by atoms with Crippen LogP contribution in [-0.2, 0) is 51.3 Å². The van der Waals surface area contributed by atoms with Gasteiger partial charge in [0.25, 0.3) is 5.91 Å². The monoisotopic (exact) mass is 766 g/mol. The van der Waals surface area contributed by atoms with E-state index in [4.69, 9.17) is 15.2 Å². The predicted molar refractivity (Wildman–Crippen MR) is 200 cm³/mol. The molecule has 2 aromatic rings. The van der Waals surface area contributed by atoms with Crippen LogP contribution in [0.25, 0.3) is 0 Å². The van der Waals surface area contributed by atoms with Crippen molar-refractivity contribution >= 4 is 41.6 Å². The van der Waals surface area contributed by atoms with Crippen LogP contribution in [0.1, 0.15) is 64.5 Å². The molecule has 3 rings (SSSR count). The number of alkyl carbamates (subject to hydrolysis) is 1. The topological polar surface area (TPSA) is 236 Å². The first-order valence-electron chi connectivity index (χ1n) is 18.4. The summed E-state index contributed by atoms with van der Waals surface area (Å²) < 4.78 is 10.1. The van der Waals surface area contributed by atoms with Gasteiger partial charge >= 0.3 is 12.1 Å². The molecule has 0 bridgehead atoms. The molecule has 0 aliphatic carbocycles. The highest BCUT2D eigenvalue weighted by molar-refractivity contribution is 5.95. The van der Waals surface area contributed by atoms with E-state index in [1.54, 1.807) is 81.4 Å². The lowest BCUT2D eigenvalue weighted by Gasteiger charge is -2.32. The van der Waals surface area contributed by atoms with Gasteiger partial charge in [0.05, 0.1) is 19.6 Å². The molecular formula is C39H54N6O10. The zero-order valence-electron chi connectivity index (χ0n) is 32.0. The third-order valence-electron chi connectivity index (χ3n) is 9.54. The first-order valence-corrected chi connectivity index (χ1v) is 18.4. The number of primary amides is 1. The number of rotatable bonds is 19. The van der Waals surface area contributed by atoms with Gasteiger partial charge in [0.1, 0.15) is 30.8 Å². The molecule has 0 spiro atoms. The number of methoxy groups -OCH3 is 1. The normalized spacial score (nSPS) is 17.1. The van der Waals surface area contributed by atoms with E-state index in [0.717, 1.165) is 0 Å². The number of likely N-dealkylation sites (tertiary alicyclic amines) is 1. The third kappa shape index (κ3) is 13.1. The quantitative estimate of drug-likeness (QED) is 0.111. The van der Waals surface area contributed by atoms with Crippen LogP contribution >= 0.6 is 0 Å². The third-order valence-corrected chi connectivity index (χ3v) is 9.54. The summed E-state index contributed by atoms with van der Waals surface area (Å²) in [5.74, 6) is -5.15. The van der Waals surface area contributed by atoms with E-state index in [2.05, 4.69) is 21.3 Å². The number of aliphatic hydroxyl groups excluding tert-OH is 1. The van der Waals surface area contributed by atoms with Gasteiger partial charge in [-0.15, -0.1) is 0 Å². The van der Waals surface area contributed by atoms with Crippen molar-refractivity contribution < 1.29 is 48.1 Å². The van der Waals surface area contributed by atoms with Crippen LogP contribution in [0.3, 0.4) is 0 Å². The molecule has 1 saturated heterocycles. The van der Waals surface area contributed by atoms with Gasteiger partial charge in [-0.2, -0.15) is 0 Å². The highest BCUT2D eigenvalue weighted by Crippen LogP contribution is 2.22. The molecule has 0 saturated carbocycles. The number of aliphatic hydroxyl groups is 1.